The molecule has 2 aromatic carbocycles. The Labute approximate surface area is 157 Å². The molecule has 1 heterocycles. The van der Waals surface area contributed by atoms with Crippen LogP contribution in [-0.2, 0) is 6.54 Å². The van der Waals surface area contributed by atoms with E-state index in [4.69, 9.17) is 4.74 Å². The van der Waals surface area contributed by atoms with E-state index in [0.717, 1.165) is 27.6 Å². The number of thiazole rings is 1. The minimum absolute atomic E-state index is 0.0969. The Hall–Kier alpha value is -2.66. The van der Waals surface area contributed by atoms with Gasteiger partial charge in [0.15, 0.2) is 0 Å². The summed E-state index contributed by atoms with van der Waals surface area (Å²) in [6, 6.07) is 15.3. The zero-order chi connectivity index (χ0) is 18.5. The van der Waals surface area contributed by atoms with Gasteiger partial charge in [0.25, 0.3) is 5.91 Å². The second kappa shape index (κ2) is 8.15. The van der Waals surface area contributed by atoms with E-state index in [1.807, 2.05) is 57.2 Å². The van der Waals surface area contributed by atoms with Crippen molar-refractivity contribution in [1.82, 2.24) is 10.3 Å². The van der Waals surface area contributed by atoms with Crippen molar-refractivity contribution in [3.63, 3.8) is 0 Å². The van der Waals surface area contributed by atoms with E-state index in [-0.39, 0.29) is 12.0 Å². The first-order valence-corrected chi connectivity index (χ1v) is 9.45. The van der Waals surface area contributed by atoms with Crippen molar-refractivity contribution in [2.75, 3.05) is 0 Å². The summed E-state index contributed by atoms with van der Waals surface area (Å²) in [6.45, 7) is 6.43. The molecule has 3 rings (SSSR count). The fourth-order valence-corrected chi connectivity index (χ4v) is 3.15. The number of nitrogens with one attached hydrogen (secondary N) is 1. The molecule has 0 fully saturated rings. The van der Waals surface area contributed by atoms with Crippen LogP contribution in [0.15, 0.2) is 53.9 Å². The topological polar surface area (TPSA) is 51.2 Å². The van der Waals surface area contributed by atoms with Gasteiger partial charge in [-0.05, 0) is 50.6 Å². The van der Waals surface area contributed by atoms with Crippen molar-refractivity contribution in [1.29, 1.82) is 0 Å². The van der Waals surface area contributed by atoms with Gasteiger partial charge in [0.05, 0.1) is 16.8 Å². The maximum Gasteiger partial charge on any atom is 0.251 e. The summed E-state index contributed by atoms with van der Waals surface area (Å²) in [5.74, 6) is 0.671. The third-order valence-corrected chi connectivity index (χ3v) is 4.58. The molecule has 0 spiro atoms. The Morgan fingerprint density at radius 3 is 2.38 bits per heavy atom. The minimum Gasteiger partial charge on any atom is -0.491 e. The lowest BCUT2D eigenvalue weighted by Gasteiger charge is -2.10. The second-order valence-corrected chi connectivity index (χ2v) is 7.38. The molecule has 134 valence electrons. The number of nitrogens with zero attached hydrogens (tertiary/aromatic N) is 1. The summed E-state index contributed by atoms with van der Waals surface area (Å²) in [4.78, 5) is 16.8. The summed E-state index contributed by atoms with van der Waals surface area (Å²) >= 11 is 1.64. The number of hydrogen-bond acceptors (Lipinski definition) is 4. The molecule has 0 atom stereocenters. The van der Waals surface area contributed by atoms with Crippen molar-refractivity contribution < 1.29 is 9.53 Å². The largest absolute Gasteiger partial charge is 0.491 e. The fourth-order valence-electron chi connectivity index (χ4n) is 2.53. The molecule has 1 aromatic heterocycles. The first kappa shape index (κ1) is 18.1. The summed E-state index contributed by atoms with van der Waals surface area (Å²) < 4.78 is 5.59. The molecule has 0 aliphatic rings. The number of rotatable bonds is 6. The number of ether oxygens (including phenoxy) is 1. The van der Waals surface area contributed by atoms with Gasteiger partial charge in [-0.3, -0.25) is 4.79 Å². The molecule has 0 aliphatic heterocycles. The highest BCUT2D eigenvalue weighted by Crippen LogP contribution is 2.21. The molecule has 1 amide bonds. The molecular formula is C21H22N2O2S. The van der Waals surface area contributed by atoms with Gasteiger partial charge in [-0.2, -0.15) is 0 Å². The quantitative estimate of drug-likeness (QED) is 0.679. The molecular weight excluding hydrogens is 344 g/mol. The first-order chi connectivity index (χ1) is 12.5. The zero-order valence-corrected chi connectivity index (χ0v) is 16.0. The molecule has 26 heavy (non-hydrogen) atoms. The molecule has 4 nitrogen and oxygen atoms in total. The monoisotopic (exact) mass is 366 g/mol. The van der Waals surface area contributed by atoms with Crippen molar-refractivity contribution in [3.8, 4) is 17.0 Å². The van der Waals surface area contributed by atoms with Crippen molar-refractivity contribution in [3.05, 3.63) is 70.0 Å². The number of benzene rings is 2. The van der Waals surface area contributed by atoms with E-state index in [1.54, 1.807) is 23.5 Å². The predicted octanol–water partition coefficient (Wildman–Crippen LogP) is 4.84. The Bertz CT molecular complexity index is 868. The molecule has 0 aliphatic carbocycles. The van der Waals surface area contributed by atoms with Gasteiger partial charge >= 0.3 is 0 Å². The summed E-state index contributed by atoms with van der Waals surface area (Å²) in [7, 11) is 0. The lowest BCUT2D eigenvalue weighted by molar-refractivity contribution is 0.0951. The molecule has 0 radical (unpaired) electrons. The van der Waals surface area contributed by atoms with Crippen LogP contribution in [0.25, 0.3) is 11.3 Å². The van der Waals surface area contributed by atoms with Crippen LogP contribution in [-0.4, -0.2) is 17.0 Å². The molecule has 0 unspecified atom stereocenters. The molecule has 0 saturated heterocycles. The van der Waals surface area contributed by atoms with Crippen LogP contribution >= 0.6 is 11.3 Å². The zero-order valence-electron chi connectivity index (χ0n) is 15.2. The predicted molar refractivity (Wildman–Crippen MR) is 106 cm³/mol. The average molecular weight is 366 g/mol. The Morgan fingerprint density at radius 2 is 1.81 bits per heavy atom. The average Bonchev–Trinajstić information content (AvgIpc) is 3.07. The Balaban J connectivity index is 1.57. The molecule has 0 saturated carbocycles. The lowest BCUT2D eigenvalue weighted by Crippen LogP contribution is -2.22. The van der Waals surface area contributed by atoms with E-state index in [2.05, 4.69) is 15.7 Å². The summed E-state index contributed by atoms with van der Waals surface area (Å²) in [6.07, 6.45) is 0.117. The van der Waals surface area contributed by atoms with E-state index in [1.165, 1.54) is 0 Å². The number of hydrogen-bond donors (Lipinski definition) is 1. The van der Waals surface area contributed by atoms with Crippen LogP contribution in [0.2, 0.25) is 0 Å². The second-order valence-electron chi connectivity index (χ2n) is 6.32. The third-order valence-electron chi connectivity index (χ3n) is 3.81. The normalized spacial score (nSPS) is 10.8. The Kier molecular flexibility index (Phi) is 5.68. The van der Waals surface area contributed by atoms with Gasteiger partial charge < -0.3 is 10.1 Å². The van der Waals surface area contributed by atoms with Crippen molar-refractivity contribution in [2.45, 2.75) is 33.4 Å². The van der Waals surface area contributed by atoms with Crippen LogP contribution in [0.1, 0.15) is 34.8 Å². The van der Waals surface area contributed by atoms with Gasteiger partial charge in [0.2, 0.25) is 0 Å². The van der Waals surface area contributed by atoms with Gasteiger partial charge in [0, 0.05) is 23.1 Å². The number of amides is 1. The number of aromatic nitrogens is 1. The third kappa shape index (κ3) is 4.70. The highest BCUT2D eigenvalue weighted by molar-refractivity contribution is 7.09. The number of aryl methyl sites for hydroxylation is 1. The first-order valence-electron chi connectivity index (χ1n) is 8.57. The van der Waals surface area contributed by atoms with E-state index < -0.39 is 0 Å². The van der Waals surface area contributed by atoms with Gasteiger partial charge in [-0.15, -0.1) is 11.3 Å². The minimum atomic E-state index is -0.0969. The highest BCUT2D eigenvalue weighted by Gasteiger charge is 2.07. The van der Waals surface area contributed by atoms with E-state index in [0.29, 0.717) is 12.1 Å². The molecule has 5 heteroatoms. The maximum absolute atomic E-state index is 12.3. The van der Waals surface area contributed by atoms with Crippen LogP contribution in [0.3, 0.4) is 0 Å². The van der Waals surface area contributed by atoms with Crippen LogP contribution < -0.4 is 10.1 Å². The molecule has 3 aromatic rings. The molecule has 0 bridgehead atoms. The van der Waals surface area contributed by atoms with E-state index in [9.17, 15) is 4.79 Å². The Morgan fingerprint density at radius 1 is 1.12 bits per heavy atom. The van der Waals surface area contributed by atoms with Crippen LogP contribution in [0, 0.1) is 6.92 Å². The lowest BCUT2D eigenvalue weighted by atomic mass is 10.1. The standard InChI is InChI=1S/C21H22N2O2S/c1-14(2)25-19-10-8-18(9-11-19)21(24)22-12-16-4-6-17(7-5-16)20-13-26-15(3)23-20/h4-11,13-14H,12H2,1-3H3,(H,22,24). The number of carbonyl (C=O) groups excluding carboxylic acids is 1. The highest BCUT2D eigenvalue weighted by atomic mass is 32.1. The van der Waals surface area contributed by atoms with Crippen molar-refractivity contribution in [2.24, 2.45) is 0 Å². The van der Waals surface area contributed by atoms with E-state index >= 15 is 0 Å². The van der Waals surface area contributed by atoms with Crippen LogP contribution in [0.5, 0.6) is 5.75 Å². The van der Waals surface area contributed by atoms with Gasteiger partial charge in [-0.1, -0.05) is 24.3 Å². The molecule has 1 N–H and O–H groups in total. The summed E-state index contributed by atoms with van der Waals surface area (Å²) in [5, 5.41) is 6.06. The number of carbonyl (C=O) groups is 1. The van der Waals surface area contributed by atoms with Crippen LogP contribution in [0.4, 0.5) is 0 Å². The maximum atomic E-state index is 12.3. The fraction of sp³-hybridized carbons (Fsp3) is 0.238. The summed E-state index contributed by atoms with van der Waals surface area (Å²) in [5.41, 5.74) is 3.75. The van der Waals surface area contributed by atoms with Crippen molar-refractivity contribution >= 4 is 17.2 Å². The van der Waals surface area contributed by atoms with Gasteiger partial charge in [0.1, 0.15) is 5.75 Å². The SMILES string of the molecule is Cc1nc(-c2ccc(CNC(=O)c3ccc(OC(C)C)cc3)cc2)cs1. The van der Waals surface area contributed by atoms with Gasteiger partial charge in [-0.25, -0.2) is 4.98 Å². The smallest absolute Gasteiger partial charge is 0.251 e.